The maximum absolute atomic E-state index is 12.6. The summed E-state index contributed by atoms with van der Waals surface area (Å²) in [6.07, 6.45) is 0.897. The topological polar surface area (TPSA) is 143 Å². The Labute approximate surface area is 216 Å². The van der Waals surface area contributed by atoms with Crippen LogP contribution < -0.4 is 9.88 Å². The number of rotatable bonds is 6. The van der Waals surface area contributed by atoms with E-state index < -0.39 is 15.6 Å². The molecule has 12 heteroatoms. The Morgan fingerprint density at radius 2 is 1.78 bits per heavy atom. The summed E-state index contributed by atoms with van der Waals surface area (Å²) in [6, 6.07) is 12.5. The van der Waals surface area contributed by atoms with Gasteiger partial charge in [0.15, 0.2) is 5.82 Å². The van der Waals surface area contributed by atoms with E-state index in [0.717, 1.165) is 16.9 Å². The molecular formula is C25H32N6O5S. The Bertz CT molecular complexity index is 1360. The fraction of sp³-hybridized carbons (Fsp3) is 0.440. The number of piperidine rings is 1. The summed E-state index contributed by atoms with van der Waals surface area (Å²) in [5.74, 6) is 1.01. The predicted molar refractivity (Wildman–Crippen MR) is 137 cm³/mol. The minimum absolute atomic E-state index is 0.0264. The maximum Gasteiger partial charge on any atom is 0.410 e. The number of amides is 1. The van der Waals surface area contributed by atoms with Crippen molar-refractivity contribution in [2.24, 2.45) is 5.14 Å². The van der Waals surface area contributed by atoms with E-state index >= 15 is 0 Å². The Morgan fingerprint density at radius 1 is 1.11 bits per heavy atom. The van der Waals surface area contributed by atoms with Crippen LogP contribution in [-0.2, 0) is 21.3 Å². The number of carbonyl (C=O) groups is 1. The number of nitrogens with two attached hydrogens (primary N) is 1. The van der Waals surface area contributed by atoms with E-state index in [0.29, 0.717) is 43.9 Å². The van der Waals surface area contributed by atoms with E-state index in [-0.39, 0.29) is 16.9 Å². The van der Waals surface area contributed by atoms with Crippen LogP contribution in [0, 0.1) is 0 Å². The third-order valence-electron chi connectivity index (χ3n) is 6.20. The number of primary sulfonamides is 1. The molecule has 198 valence electrons. The summed E-state index contributed by atoms with van der Waals surface area (Å²) in [5.41, 5.74) is 1.50. The maximum atomic E-state index is 12.6. The highest BCUT2D eigenvalue weighted by Gasteiger charge is 2.31. The normalized spacial score (nSPS) is 15.0. The lowest BCUT2D eigenvalue weighted by atomic mass is 9.86. The summed E-state index contributed by atoms with van der Waals surface area (Å²) in [5, 5.41) is 17.8. The molecule has 2 N–H and O–H groups in total. The Kier molecular flexibility index (Phi) is 7.51. The van der Waals surface area contributed by atoms with Gasteiger partial charge >= 0.3 is 6.09 Å². The zero-order valence-electron chi connectivity index (χ0n) is 21.4. The molecule has 3 aromatic rings. The summed E-state index contributed by atoms with van der Waals surface area (Å²) >= 11 is 0. The van der Waals surface area contributed by atoms with Crippen LogP contribution >= 0.6 is 0 Å². The van der Waals surface area contributed by atoms with E-state index in [9.17, 15) is 13.2 Å². The van der Waals surface area contributed by atoms with Gasteiger partial charge in [0, 0.05) is 18.7 Å². The van der Waals surface area contributed by atoms with Crippen molar-refractivity contribution in [3.05, 3.63) is 53.6 Å². The standard InChI is InChI=1S/C25H32N6O5S/c1-25(2,3)36-24(32)30-14-12-18(13-15-30)20-6-5-7-21(37(26,33)34)22(20)23-27-28-29-31(23)16-17-8-10-19(35-4)11-9-17/h5-11,18H,12-16H2,1-4H3,(H2,26,33,34). The second-order valence-electron chi connectivity index (χ2n) is 10.0. The van der Waals surface area contributed by atoms with Crippen molar-refractivity contribution in [1.29, 1.82) is 0 Å². The van der Waals surface area contributed by atoms with Crippen LogP contribution in [-0.4, -0.2) is 65.4 Å². The van der Waals surface area contributed by atoms with Gasteiger partial charge in [-0.05, 0) is 79.3 Å². The van der Waals surface area contributed by atoms with E-state index in [1.807, 2.05) is 51.1 Å². The Balaban J connectivity index is 1.66. The van der Waals surface area contributed by atoms with Gasteiger partial charge in [-0.3, -0.25) is 0 Å². The van der Waals surface area contributed by atoms with Gasteiger partial charge in [-0.1, -0.05) is 24.3 Å². The van der Waals surface area contributed by atoms with Crippen LogP contribution in [0.3, 0.4) is 0 Å². The molecule has 0 radical (unpaired) electrons. The highest BCUT2D eigenvalue weighted by Crippen LogP contribution is 2.38. The summed E-state index contributed by atoms with van der Waals surface area (Å²) in [6.45, 7) is 6.78. The van der Waals surface area contributed by atoms with Crippen molar-refractivity contribution < 1.29 is 22.7 Å². The minimum atomic E-state index is -4.07. The van der Waals surface area contributed by atoms with Crippen LogP contribution in [0.4, 0.5) is 4.79 Å². The summed E-state index contributed by atoms with van der Waals surface area (Å²) in [4.78, 5) is 14.2. The molecule has 1 fully saturated rings. The average molecular weight is 529 g/mol. The molecule has 1 aliphatic rings. The molecule has 37 heavy (non-hydrogen) atoms. The van der Waals surface area contributed by atoms with Crippen LogP contribution in [0.1, 0.15) is 50.7 Å². The highest BCUT2D eigenvalue weighted by atomic mass is 32.2. The molecule has 0 saturated carbocycles. The third-order valence-corrected chi connectivity index (χ3v) is 7.15. The van der Waals surface area contributed by atoms with Crippen LogP contribution in [0.5, 0.6) is 5.75 Å². The number of aromatic nitrogens is 4. The molecule has 11 nitrogen and oxygen atoms in total. The second-order valence-corrected chi connectivity index (χ2v) is 11.5. The second kappa shape index (κ2) is 10.5. The zero-order chi connectivity index (χ0) is 26.8. The number of carbonyl (C=O) groups excluding carboxylic acids is 1. The number of methoxy groups -OCH3 is 1. The zero-order valence-corrected chi connectivity index (χ0v) is 22.2. The molecule has 4 rings (SSSR count). The van der Waals surface area contributed by atoms with Gasteiger partial charge in [-0.25, -0.2) is 23.0 Å². The van der Waals surface area contributed by atoms with Crippen molar-refractivity contribution in [2.75, 3.05) is 20.2 Å². The lowest BCUT2D eigenvalue weighted by molar-refractivity contribution is 0.0205. The first-order valence-electron chi connectivity index (χ1n) is 12.0. The smallest absolute Gasteiger partial charge is 0.410 e. The molecule has 1 aromatic heterocycles. The van der Waals surface area contributed by atoms with Gasteiger partial charge in [-0.15, -0.1) is 5.10 Å². The van der Waals surface area contributed by atoms with Crippen LogP contribution in [0.15, 0.2) is 47.4 Å². The third kappa shape index (κ3) is 6.25. The first kappa shape index (κ1) is 26.6. The minimum Gasteiger partial charge on any atom is -0.497 e. The highest BCUT2D eigenvalue weighted by molar-refractivity contribution is 7.89. The molecule has 1 aliphatic heterocycles. The van der Waals surface area contributed by atoms with E-state index in [1.165, 1.54) is 6.07 Å². The van der Waals surface area contributed by atoms with Gasteiger partial charge in [-0.2, -0.15) is 0 Å². The quantitative estimate of drug-likeness (QED) is 0.514. The molecule has 2 aromatic carbocycles. The van der Waals surface area contributed by atoms with Crippen molar-refractivity contribution in [1.82, 2.24) is 25.1 Å². The molecule has 2 heterocycles. The molecule has 0 spiro atoms. The van der Waals surface area contributed by atoms with E-state index in [1.54, 1.807) is 22.8 Å². The fourth-order valence-electron chi connectivity index (χ4n) is 4.46. The van der Waals surface area contributed by atoms with Crippen molar-refractivity contribution in [3.63, 3.8) is 0 Å². The number of hydrogen-bond donors (Lipinski definition) is 1. The van der Waals surface area contributed by atoms with Crippen molar-refractivity contribution in [3.8, 4) is 17.1 Å². The molecule has 0 aliphatic carbocycles. The lowest BCUT2D eigenvalue weighted by Crippen LogP contribution is -2.41. The number of ether oxygens (including phenoxy) is 2. The molecule has 0 unspecified atom stereocenters. The number of tetrazole rings is 1. The largest absolute Gasteiger partial charge is 0.497 e. The van der Waals surface area contributed by atoms with Crippen LogP contribution in [0.25, 0.3) is 11.4 Å². The molecular weight excluding hydrogens is 496 g/mol. The molecule has 0 atom stereocenters. The van der Waals surface area contributed by atoms with Crippen LogP contribution in [0.2, 0.25) is 0 Å². The number of hydrogen-bond acceptors (Lipinski definition) is 8. The predicted octanol–water partition coefficient (Wildman–Crippen LogP) is 3.16. The lowest BCUT2D eigenvalue weighted by Gasteiger charge is -2.34. The van der Waals surface area contributed by atoms with Crippen molar-refractivity contribution >= 4 is 16.1 Å². The Morgan fingerprint density at radius 3 is 2.38 bits per heavy atom. The first-order valence-corrected chi connectivity index (χ1v) is 13.5. The van der Waals surface area contributed by atoms with Gasteiger partial charge < -0.3 is 14.4 Å². The van der Waals surface area contributed by atoms with Gasteiger partial charge in [0.25, 0.3) is 0 Å². The fourth-order valence-corrected chi connectivity index (χ4v) is 5.22. The van der Waals surface area contributed by atoms with E-state index in [2.05, 4.69) is 15.5 Å². The molecule has 1 saturated heterocycles. The SMILES string of the molecule is COc1ccc(Cn2nnnc2-c2c(C3CCN(C(=O)OC(C)(C)C)CC3)cccc2S(N)(=O)=O)cc1. The number of nitrogens with zero attached hydrogens (tertiary/aromatic N) is 5. The van der Waals surface area contributed by atoms with E-state index in [4.69, 9.17) is 14.6 Å². The molecule has 0 bridgehead atoms. The Hall–Kier alpha value is -3.51. The average Bonchev–Trinajstić information content (AvgIpc) is 3.30. The van der Waals surface area contributed by atoms with Crippen molar-refractivity contribution in [2.45, 2.75) is 56.6 Å². The number of sulfonamides is 1. The molecule has 1 amide bonds. The van der Waals surface area contributed by atoms with Gasteiger partial charge in [0.2, 0.25) is 10.0 Å². The van der Waals surface area contributed by atoms with Gasteiger partial charge in [0.05, 0.1) is 18.6 Å². The first-order chi connectivity index (χ1) is 17.5. The monoisotopic (exact) mass is 528 g/mol. The number of benzene rings is 2. The number of likely N-dealkylation sites (tertiary alicyclic amines) is 1. The van der Waals surface area contributed by atoms with Gasteiger partial charge in [0.1, 0.15) is 11.4 Å². The summed E-state index contributed by atoms with van der Waals surface area (Å²) in [7, 11) is -2.48. The summed E-state index contributed by atoms with van der Waals surface area (Å²) < 4.78 is 37.5.